The zero-order valence-electron chi connectivity index (χ0n) is 15.3. The molecule has 0 radical (unpaired) electrons. The third-order valence-corrected chi connectivity index (χ3v) is 4.41. The fourth-order valence-corrected chi connectivity index (χ4v) is 2.86. The molecule has 29 heavy (non-hydrogen) atoms. The minimum absolute atomic E-state index is 0.132. The van der Waals surface area contributed by atoms with Crippen molar-refractivity contribution in [2.24, 2.45) is 5.92 Å². The number of imide groups is 1. The van der Waals surface area contributed by atoms with Crippen molar-refractivity contribution in [3.05, 3.63) is 76.3 Å². The number of hydrogen-bond donors (Lipinski definition) is 4. The first-order chi connectivity index (χ1) is 13.8. The van der Waals surface area contributed by atoms with E-state index < -0.39 is 29.9 Å². The van der Waals surface area contributed by atoms with Crippen molar-refractivity contribution in [1.82, 2.24) is 10.8 Å². The maximum Gasteiger partial charge on any atom is 0.414 e. The topological polar surface area (TPSA) is 125 Å². The van der Waals surface area contributed by atoms with Gasteiger partial charge in [0.1, 0.15) is 11.9 Å². The van der Waals surface area contributed by atoms with Crippen molar-refractivity contribution in [3.63, 3.8) is 0 Å². The van der Waals surface area contributed by atoms with Crippen LogP contribution in [0.15, 0.2) is 65.2 Å². The summed E-state index contributed by atoms with van der Waals surface area (Å²) in [6.07, 6.45) is 0.403. The fraction of sp³-hybridized carbons (Fsp3) is 0.150. The Labute approximate surface area is 175 Å². The van der Waals surface area contributed by atoms with E-state index in [1.54, 1.807) is 49.4 Å². The number of phenolic OH excluding ortho intramolecular Hbond substituents is 1. The Kier molecular flexibility index (Phi) is 7.93. The number of aromatic hydroxyl groups is 1. The molecule has 2 aromatic carbocycles. The summed E-state index contributed by atoms with van der Waals surface area (Å²) in [5.41, 5.74) is 2.00. The van der Waals surface area contributed by atoms with Crippen molar-refractivity contribution in [2.75, 3.05) is 0 Å². The average molecular weight is 463 g/mol. The Hall–Kier alpha value is -3.17. The van der Waals surface area contributed by atoms with E-state index in [0.29, 0.717) is 4.47 Å². The Morgan fingerprint density at radius 2 is 1.83 bits per heavy atom. The monoisotopic (exact) mass is 462 g/mol. The maximum absolute atomic E-state index is 12.3. The first-order valence-electron chi connectivity index (χ1n) is 8.49. The van der Waals surface area contributed by atoms with Crippen LogP contribution in [0, 0.1) is 5.92 Å². The molecule has 4 N–H and O–H groups in total. The molecule has 0 unspecified atom stereocenters. The third-order valence-electron chi connectivity index (χ3n) is 3.92. The molecular weight excluding hydrogens is 444 g/mol. The first-order valence-corrected chi connectivity index (χ1v) is 9.28. The molecule has 0 saturated heterocycles. The largest absolute Gasteiger partial charge is 0.508 e. The van der Waals surface area contributed by atoms with Gasteiger partial charge in [0, 0.05) is 27.6 Å². The van der Waals surface area contributed by atoms with Gasteiger partial charge in [-0.3, -0.25) is 20.1 Å². The molecule has 0 heterocycles. The van der Waals surface area contributed by atoms with Crippen molar-refractivity contribution in [3.8, 4) is 5.75 Å². The van der Waals surface area contributed by atoms with E-state index >= 15 is 0 Å². The first kappa shape index (κ1) is 22.1. The van der Waals surface area contributed by atoms with Gasteiger partial charge in [-0.2, -0.15) is 0 Å². The van der Waals surface area contributed by atoms with Gasteiger partial charge >= 0.3 is 6.09 Å². The normalized spacial score (nSPS) is 12.8. The van der Waals surface area contributed by atoms with Crippen LogP contribution in [0.5, 0.6) is 5.75 Å². The Morgan fingerprint density at radius 1 is 1.14 bits per heavy atom. The van der Waals surface area contributed by atoms with E-state index in [4.69, 9.17) is 9.94 Å². The van der Waals surface area contributed by atoms with Gasteiger partial charge in [0.15, 0.2) is 0 Å². The van der Waals surface area contributed by atoms with Crippen molar-refractivity contribution < 1.29 is 29.4 Å². The van der Waals surface area contributed by atoms with Crippen LogP contribution in [0.25, 0.3) is 0 Å². The second kappa shape index (κ2) is 10.4. The minimum atomic E-state index is -1.03. The highest BCUT2D eigenvalue weighted by Crippen LogP contribution is 2.35. The maximum atomic E-state index is 12.3. The van der Waals surface area contributed by atoms with Crippen LogP contribution in [0.2, 0.25) is 0 Å². The number of ether oxygens (including phenoxy) is 1. The molecule has 0 saturated carbocycles. The number of alkyl carbamates (subject to hydrolysis) is 1. The molecule has 2 rings (SSSR count). The quantitative estimate of drug-likeness (QED) is 0.296. The summed E-state index contributed by atoms with van der Waals surface area (Å²) >= 11 is 3.29. The summed E-state index contributed by atoms with van der Waals surface area (Å²) in [6.45, 7) is 1.64. The summed E-state index contributed by atoms with van der Waals surface area (Å²) < 4.78 is 6.02. The fourth-order valence-electron chi connectivity index (χ4n) is 2.48. The number of carbonyl (C=O) groups excluding carboxylic acids is 3. The average Bonchev–Trinajstić information content (AvgIpc) is 2.72. The van der Waals surface area contributed by atoms with Crippen LogP contribution in [-0.4, -0.2) is 28.2 Å². The van der Waals surface area contributed by atoms with Crippen LogP contribution >= 0.6 is 15.9 Å². The highest BCUT2D eigenvalue weighted by molar-refractivity contribution is 9.10. The van der Waals surface area contributed by atoms with Gasteiger partial charge in [0.05, 0.1) is 0 Å². The van der Waals surface area contributed by atoms with E-state index in [9.17, 15) is 19.5 Å². The highest BCUT2D eigenvalue weighted by atomic mass is 79.9. The van der Waals surface area contributed by atoms with Gasteiger partial charge in [0.25, 0.3) is 11.8 Å². The zero-order valence-corrected chi connectivity index (χ0v) is 16.9. The summed E-state index contributed by atoms with van der Waals surface area (Å²) in [7, 11) is 0. The highest BCUT2D eigenvalue weighted by Gasteiger charge is 2.26. The summed E-state index contributed by atoms with van der Waals surface area (Å²) in [6, 6.07) is 12.7. The third kappa shape index (κ3) is 6.44. The molecule has 0 aliphatic rings. The van der Waals surface area contributed by atoms with E-state index in [0.717, 1.165) is 6.08 Å². The number of rotatable bonds is 6. The summed E-state index contributed by atoms with van der Waals surface area (Å²) in [4.78, 5) is 35.7. The van der Waals surface area contributed by atoms with Gasteiger partial charge in [-0.1, -0.05) is 47.1 Å². The number of hydrogen-bond acceptors (Lipinski definition) is 6. The van der Waals surface area contributed by atoms with E-state index in [2.05, 4.69) is 21.2 Å². The molecule has 0 fully saturated rings. The number of hydroxylamine groups is 1. The van der Waals surface area contributed by atoms with Crippen LogP contribution in [-0.2, 0) is 9.53 Å². The smallest absolute Gasteiger partial charge is 0.414 e. The predicted molar refractivity (Wildman–Crippen MR) is 107 cm³/mol. The molecular formula is C20H19BrN2O6. The molecule has 3 amide bonds. The molecule has 8 nitrogen and oxygen atoms in total. The summed E-state index contributed by atoms with van der Waals surface area (Å²) in [5, 5.41) is 20.9. The van der Waals surface area contributed by atoms with E-state index in [1.165, 1.54) is 17.6 Å². The minimum Gasteiger partial charge on any atom is -0.508 e. The van der Waals surface area contributed by atoms with Crippen LogP contribution in [0.1, 0.15) is 28.9 Å². The molecule has 0 aliphatic carbocycles. The van der Waals surface area contributed by atoms with E-state index in [-0.39, 0.29) is 16.9 Å². The molecule has 0 bridgehead atoms. The lowest BCUT2D eigenvalue weighted by Gasteiger charge is -2.23. The SMILES string of the molecule is C[C@@H](/C=C/C(=O)NO)[C@H](OC(=O)NC(=O)c1ccccc1)c1cc(Br)ccc1O. The van der Waals surface area contributed by atoms with Crippen LogP contribution in [0.3, 0.4) is 0 Å². The molecule has 0 aliphatic heterocycles. The van der Waals surface area contributed by atoms with Gasteiger partial charge in [-0.05, 0) is 30.3 Å². The molecule has 9 heteroatoms. The molecule has 0 spiro atoms. The summed E-state index contributed by atoms with van der Waals surface area (Å²) in [5.74, 6) is -2.13. The Balaban J connectivity index is 2.23. The van der Waals surface area contributed by atoms with Gasteiger partial charge in [0.2, 0.25) is 0 Å². The van der Waals surface area contributed by atoms with Crippen molar-refractivity contribution >= 4 is 33.8 Å². The number of phenols is 1. The number of benzene rings is 2. The number of nitrogens with one attached hydrogen (secondary N) is 2. The molecule has 0 aromatic heterocycles. The van der Waals surface area contributed by atoms with Gasteiger partial charge < -0.3 is 9.84 Å². The molecule has 152 valence electrons. The van der Waals surface area contributed by atoms with Crippen LogP contribution < -0.4 is 10.8 Å². The van der Waals surface area contributed by atoms with Crippen LogP contribution in [0.4, 0.5) is 4.79 Å². The molecule has 2 aromatic rings. The number of amides is 3. The molecule has 2 atom stereocenters. The Morgan fingerprint density at radius 3 is 2.48 bits per heavy atom. The predicted octanol–water partition coefficient (Wildman–Crippen LogP) is 3.46. The van der Waals surface area contributed by atoms with Crippen molar-refractivity contribution in [2.45, 2.75) is 13.0 Å². The van der Waals surface area contributed by atoms with Gasteiger partial charge in [-0.25, -0.2) is 10.3 Å². The lowest BCUT2D eigenvalue weighted by molar-refractivity contribution is -0.124. The lowest BCUT2D eigenvalue weighted by Crippen LogP contribution is -2.33. The van der Waals surface area contributed by atoms with E-state index in [1.807, 2.05) is 0 Å². The van der Waals surface area contributed by atoms with Crippen molar-refractivity contribution in [1.29, 1.82) is 0 Å². The zero-order chi connectivity index (χ0) is 21.4. The number of halogens is 1. The van der Waals surface area contributed by atoms with Gasteiger partial charge in [-0.15, -0.1) is 0 Å². The number of carbonyl (C=O) groups is 3. The second-order valence-electron chi connectivity index (χ2n) is 6.04. The standard InChI is InChI=1S/C20H19BrN2O6/c1-12(7-10-17(25)23-28)18(15-11-14(21)8-9-16(15)24)29-20(27)22-19(26)13-5-3-2-4-6-13/h2-12,18,24,28H,1H3,(H,23,25)(H,22,26,27)/b10-7+/t12-,18-/m0/s1. The lowest BCUT2D eigenvalue weighted by atomic mass is 9.96. The second-order valence-corrected chi connectivity index (χ2v) is 6.96. The Bertz CT molecular complexity index is 916.